The Hall–Kier alpha value is -3.31. The molecule has 0 aliphatic carbocycles. The molecule has 0 radical (unpaired) electrons. The molecule has 1 aromatic heterocycles. The van der Waals surface area contributed by atoms with Crippen molar-refractivity contribution in [3.63, 3.8) is 0 Å². The van der Waals surface area contributed by atoms with E-state index in [0.29, 0.717) is 12.0 Å². The largest absolute Gasteiger partial charge is 0.308 e. The van der Waals surface area contributed by atoms with Gasteiger partial charge in [0, 0.05) is 36.8 Å². The van der Waals surface area contributed by atoms with Gasteiger partial charge in [-0.15, -0.1) is 0 Å². The lowest BCUT2D eigenvalue weighted by Gasteiger charge is -2.23. The minimum absolute atomic E-state index is 0.0594. The van der Waals surface area contributed by atoms with Gasteiger partial charge in [-0.2, -0.15) is 5.10 Å². The number of hydrogen-bond acceptors (Lipinski definition) is 4. The number of carbonyl (C=O) groups is 1. The van der Waals surface area contributed by atoms with Crippen LogP contribution < -0.4 is 5.43 Å². The van der Waals surface area contributed by atoms with Gasteiger partial charge >= 0.3 is 0 Å². The number of aromatic nitrogens is 1. The molecule has 0 aliphatic rings. The van der Waals surface area contributed by atoms with Crippen LogP contribution in [0, 0.1) is 0 Å². The second-order valence-corrected chi connectivity index (χ2v) is 7.17. The van der Waals surface area contributed by atoms with Gasteiger partial charge in [-0.1, -0.05) is 60.7 Å². The molecule has 0 saturated heterocycles. The Morgan fingerprint density at radius 1 is 0.966 bits per heavy atom. The van der Waals surface area contributed by atoms with Crippen LogP contribution in [0.2, 0.25) is 0 Å². The molecule has 0 saturated carbocycles. The van der Waals surface area contributed by atoms with Gasteiger partial charge in [0.15, 0.2) is 0 Å². The highest BCUT2D eigenvalue weighted by Crippen LogP contribution is 2.21. The van der Waals surface area contributed by atoms with E-state index in [4.69, 9.17) is 0 Å². The molecule has 3 aromatic rings. The smallest absolute Gasteiger partial charge is 0.271 e. The molecule has 0 unspecified atom stereocenters. The monoisotopic (exact) mass is 386 g/mol. The summed E-state index contributed by atoms with van der Waals surface area (Å²) in [5.41, 5.74) is 6.53. The number of likely N-dealkylation sites (N-methyl/N-ethyl adjacent to an activating group) is 1. The van der Waals surface area contributed by atoms with E-state index < -0.39 is 0 Å². The second-order valence-electron chi connectivity index (χ2n) is 7.17. The van der Waals surface area contributed by atoms with Crippen molar-refractivity contribution in [3.8, 4) is 0 Å². The van der Waals surface area contributed by atoms with Crippen molar-refractivity contribution in [2.45, 2.75) is 12.3 Å². The highest BCUT2D eigenvalue weighted by atomic mass is 16.2. The fraction of sp³-hybridized carbons (Fsp3) is 0.208. The Kier molecular flexibility index (Phi) is 7.25. The van der Waals surface area contributed by atoms with Gasteiger partial charge in [-0.3, -0.25) is 9.78 Å². The number of hydrogen-bond donors (Lipinski definition) is 1. The Labute approximate surface area is 172 Å². The van der Waals surface area contributed by atoms with Crippen LogP contribution in [-0.2, 0) is 6.42 Å². The summed E-state index contributed by atoms with van der Waals surface area (Å²) in [7, 11) is 4.09. The molecule has 148 valence electrons. The molecule has 1 N–H and O–H groups in total. The van der Waals surface area contributed by atoms with Gasteiger partial charge < -0.3 is 4.90 Å². The van der Waals surface area contributed by atoms with Crippen LogP contribution in [0.5, 0.6) is 0 Å². The zero-order valence-corrected chi connectivity index (χ0v) is 16.8. The van der Waals surface area contributed by atoms with Gasteiger partial charge in [-0.25, -0.2) is 5.43 Å². The standard InChI is InChI=1S/C24H26N4O/c1-28(2)18-22(20-11-7-4-8-12-20)23(17-19-9-5-3-6-10-19)26-27-24(29)21-13-15-25-16-14-21/h3-16,22H,17-18H2,1-2H3,(H,27,29)/b26-23+/t22-/m1/s1. The summed E-state index contributed by atoms with van der Waals surface area (Å²) in [5.74, 6) is -0.182. The molecule has 5 heteroatoms. The van der Waals surface area contributed by atoms with Crippen molar-refractivity contribution in [1.29, 1.82) is 0 Å². The van der Waals surface area contributed by atoms with E-state index in [9.17, 15) is 4.79 Å². The van der Waals surface area contributed by atoms with Gasteiger partial charge in [0.1, 0.15) is 0 Å². The van der Waals surface area contributed by atoms with Crippen LogP contribution in [0.4, 0.5) is 0 Å². The first-order valence-corrected chi connectivity index (χ1v) is 9.64. The van der Waals surface area contributed by atoms with E-state index in [1.807, 2.05) is 50.5 Å². The van der Waals surface area contributed by atoms with Crippen LogP contribution >= 0.6 is 0 Å². The molecule has 0 fully saturated rings. The predicted molar refractivity (Wildman–Crippen MR) is 117 cm³/mol. The number of benzene rings is 2. The number of hydrazone groups is 1. The first-order chi connectivity index (χ1) is 14.1. The maximum absolute atomic E-state index is 12.5. The van der Waals surface area contributed by atoms with E-state index in [2.05, 4.69) is 44.7 Å². The van der Waals surface area contributed by atoms with Crippen molar-refractivity contribution in [1.82, 2.24) is 15.3 Å². The number of nitrogens with one attached hydrogen (secondary N) is 1. The van der Waals surface area contributed by atoms with Crippen molar-refractivity contribution in [2.75, 3.05) is 20.6 Å². The lowest BCUT2D eigenvalue weighted by Crippen LogP contribution is -2.30. The predicted octanol–water partition coefficient (Wildman–Crippen LogP) is 3.76. The molecule has 0 spiro atoms. The number of rotatable bonds is 8. The normalized spacial score (nSPS) is 12.6. The third-order valence-corrected chi connectivity index (χ3v) is 4.62. The minimum atomic E-state index is -0.241. The molecule has 1 heterocycles. The third-order valence-electron chi connectivity index (χ3n) is 4.62. The molecule has 1 atom stereocenters. The van der Waals surface area contributed by atoms with Crippen molar-refractivity contribution in [2.24, 2.45) is 5.10 Å². The zero-order chi connectivity index (χ0) is 20.5. The van der Waals surface area contributed by atoms with Crippen molar-refractivity contribution in [3.05, 3.63) is 102 Å². The number of pyridine rings is 1. The van der Waals surface area contributed by atoms with Crippen molar-refractivity contribution < 1.29 is 4.79 Å². The lowest BCUT2D eigenvalue weighted by atomic mass is 9.90. The third kappa shape index (κ3) is 6.09. The fourth-order valence-electron chi connectivity index (χ4n) is 3.19. The molecular formula is C24H26N4O. The molecule has 1 amide bonds. The Balaban J connectivity index is 1.92. The minimum Gasteiger partial charge on any atom is -0.308 e. The average Bonchev–Trinajstić information content (AvgIpc) is 2.76. The number of amides is 1. The zero-order valence-electron chi connectivity index (χ0n) is 16.8. The molecule has 0 bridgehead atoms. The molecule has 3 rings (SSSR count). The topological polar surface area (TPSA) is 57.6 Å². The number of nitrogens with zero attached hydrogens (tertiary/aromatic N) is 3. The van der Waals surface area contributed by atoms with Gasteiger partial charge in [-0.05, 0) is 37.4 Å². The van der Waals surface area contributed by atoms with E-state index in [0.717, 1.165) is 17.8 Å². The van der Waals surface area contributed by atoms with E-state index in [1.54, 1.807) is 24.5 Å². The van der Waals surface area contributed by atoms with Crippen LogP contribution in [-0.4, -0.2) is 42.1 Å². The maximum Gasteiger partial charge on any atom is 0.271 e. The lowest BCUT2D eigenvalue weighted by molar-refractivity contribution is 0.0954. The summed E-state index contributed by atoms with van der Waals surface area (Å²) in [6, 6.07) is 23.9. The van der Waals surface area contributed by atoms with Gasteiger partial charge in [0.25, 0.3) is 5.91 Å². The fourth-order valence-corrected chi connectivity index (χ4v) is 3.19. The van der Waals surface area contributed by atoms with Crippen LogP contribution in [0.25, 0.3) is 0 Å². The van der Waals surface area contributed by atoms with E-state index in [-0.39, 0.29) is 11.8 Å². The summed E-state index contributed by atoms with van der Waals surface area (Å²) in [5, 5.41) is 4.60. The Bertz CT molecular complexity index is 925. The summed E-state index contributed by atoms with van der Waals surface area (Å²) in [4.78, 5) is 18.6. The molecule has 29 heavy (non-hydrogen) atoms. The Morgan fingerprint density at radius 3 is 2.21 bits per heavy atom. The summed E-state index contributed by atoms with van der Waals surface area (Å²) < 4.78 is 0. The molecule has 5 nitrogen and oxygen atoms in total. The van der Waals surface area contributed by atoms with E-state index in [1.165, 1.54) is 5.56 Å². The quantitative estimate of drug-likeness (QED) is 0.474. The average molecular weight is 386 g/mol. The van der Waals surface area contributed by atoms with Crippen molar-refractivity contribution >= 4 is 11.6 Å². The highest BCUT2D eigenvalue weighted by Gasteiger charge is 2.20. The van der Waals surface area contributed by atoms with E-state index >= 15 is 0 Å². The second kappa shape index (κ2) is 10.3. The first-order valence-electron chi connectivity index (χ1n) is 9.64. The summed E-state index contributed by atoms with van der Waals surface area (Å²) in [6.45, 7) is 0.792. The maximum atomic E-state index is 12.5. The molecule has 0 aliphatic heterocycles. The van der Waals surface area contributed by atoms with Gasteiger partial charge in [0.05, 0.1) is 5.71 Å². The molecular weight excluding hydrogens is 360 g/mol. The van der Waals surface area contributed by atoms with Crippen LogP contribution in [0.1, 0.15) is 27.4 Å². The highest BCUT2D eigenvalue weighted by molar-refractivity contribution is 5.97. The first kappa shape index (κ1) is 20.4. The van der Waals surface area contributed by atoms with Gasteiger partial charge in [0.2, 0.25) is 0 Å². The van der Waals surface area contributed by atoms with Crippen LogP contribution in [0.3, 0.4) is 0 Å². The van der Waals surface area contributed by atoms with Crippen LogP contribution in [0.15, 0.2) is 90.3 Å². The summed E-state index contributed by atoms with van der Waals surface area (Å²) in [6.07, 6.45) is 3.86. The number of carbonyl (C=O) groups excluding carboxylic acids is 1. The SMILES string of the molecule is CN(C)C[C@@H](/C(Cc1ccccc1)=N/NC(=O)c1ccncc1)c1ccccc1. The summed E-state index contributed by atoms with van der Waals surface area (Å²) >= 11 is 0. The Morgan fingerprint density at radius 2 is 1.59 bits per heavy atom. The molecule has 2 aromatic carbocycles.